The van der Waals surface area contributed by atoms with E-state index < -0.39 is 32.0 Å². The van der Waals surface area contributed by atoms with Crippen LogP contribution in [-0.4, -0.2) is 53.5 Å². The normalized spacial score (nSPS) is 23.2. The van der Waals surface area contributed by atoms with Gasteiger partial charge in [0.2, 0.25) is 21.9 Å². The predicted octanol–water partition coefficient (Wildman–Crippen LogP) is 1.21. The number of nitrogens with one attached hydrogen (secondary N) is 1. The molecular formula is C19H21FN6O4S. The summed E-state index contributed by atoms with van der Waals surface area (Å²) in [5.74, 6) is -1.19. The Hall–Kier alpha value is -3.28. The van der Waals surface area contributed by atoms with E-state index in [1.165, 1.54) is 38.7 Å². The lowest BCUT2D eigenvalue weighted by Crippen LogP contribution is -2.58. The molecule has 0 radical (unpaired) electrons. The van der Waals surface area contributed by atoms with Gasteiger partial charge in [-0.2, -0.15) is 0 Å². The Morgan fingerprint density at radius 3 is 2.58 bits per heavy atom. The first kappa shape index (κ1) is 21.0. The van der Waals surface area contributed by atoms with Crippen molar-refractivity contribution < 1.29 is 22.3 Å². The summed E-state index contributed by atoms with van der Waals surface area (Å²) in [5, 5.41) is 2.62. The molecule has 3 N–H and O–H groups in total. The largest absolute Gasteiger partial charge is 0.480 e. The zero-order chi connectivity index (χ0) is 22.6. The molecule has 2 aromatic rings. The number of carbonyl (C=O) groups excluding carboxylic acids is 1. The lowest BCUT2D eigenvalue weighted by atomic mass is 9.86. The zero-order valence-corrected chi connectivity index (χ0v) is 17.9. The molecule has 0 saturated heterocycles. The maximum atomic E-state index is 14.9. The molecule has 31 heavy (non-hydrogen) atoms. The van der Waals surface area contributed by atoms with E-state index in [1.807, 2.05) is 0 Å². The number of guanidine groups is 1. The minimum absolute atomic E-state index is 0.0284. The maximum Gasteiger partial charge on any atom is 0.275 e. The fraction of sp³-hybridized carbons (Fsp3) is 0.368. The third-order valence-corrected chi connectivity index (χ3v) is 8.63. The van der Waals surface area contributed by atoms with E-state index in [9.17, 15) is 17.6 Å². The Balaban J connectivity index is 1.72. The van der Waals surface area contributed by atoms with Gasteiger partial charge in [-0.05, 0) is 38.0 Å². The molecule has 12 heteroatoms. The van der Waals surface area contributed by atoms with Crippen LogP contribution in [0.15, 0.2) is 35.6 Å². The van der Waals surface area contributed by atoms with Crippen LogP contribution in [0.5, 0.6) is 5.88 Å². The summed E-state index contributed by atoms with van der Waals surface area (Å²) >= 11 is 0. The van der Waals surface area contributed by atoms with Gasteiger partial charge in [-0.25, -0.2) is 32.1 Å². The van der Waals surface area contributed by atoms with Crippen molar-refractivity contribution in [2.24, 2.45) is 10.7 Å². The summed E-state index contributed by atoms with van der Waals surface area (Å²) in [4.78, 5) is 24.8. The van der Waals surface area contributed by atoms with E-state index in [2.05, 4.69) is 20.3 Å². The second-order valence-corrected chi connectivity index (χ2v) is 9.88. The first-order valence-corrected chi connectivity index (χ1v) is 10.8. The standard InChI is InChI=1S/C19H21FN6O4S/c1-18(19(6-7-19)31(28,29)26(2)17(21)25-18)12-8-11(4-5-13(12)20)24-16(27)14-9-23-15(30-3)10-22-14/h4-5,8-10H,6-7H2,1-3H3,(H2,21,25)(H,24,27). The Bertz CT molecular complexity index is 1200. The smallest absolute Gasteiger partial charge is 0.275 e. The molecule has 1 unspecified atom stereocenters. The highest BCUT2D eigenvalue weighted by molar-refractivity contribution is 7.91. The molecule has 10 nitrogen and oxygen atoms in total. The molecule has 2 aliphatic rings. The first-order chi connectivity index (χ1) is 14.6. The molecule has 2 heterocycles. The number of amides is 1. The number of anilines is 1. The fourth-order valence-corrected chi connectivity index (χ4v) is 6.00. The van der Waals surface area contributed by atoms with Crippen LogP contribution in [0, 0.1) is 5.82 Å². The first-order valence-electron chi connectivity index (χ1n) is 9.37. The Labute approximate surface area is 178 Å². The number of halogens is 1. The second kappa shape index (κ2) is 6.87. The van der Waals surface area contributed by atoms with Crippen LogP contribution in [0.1, 0.15) is 35.8 Å². The van der Waals surface area contributed by atoms with Crippen molar-refractivity contribution in [1.82, 2.24) is 14.3 Å². The highest BCUT2D eigenvalue weighted by Gasteiger charge is 2.70. The second-order valence-electron chi connectivity index (χ2n) is 7.60. The van der Waals surface area contributed by atoms with Gasteiger partial charge in [0, 0.05) is 18.3 Å². The number of hydrogen-bond acceptors (Lipinski definition) is 8. The van der Waals surface area contributed by atoms with E-state index in [1.54, 1.807) is 6.92 Å². The highest BCUT2D eigenvalue weighted by Crippen LogP contribution is 2.60. The molecule has 164 valence electrons. The fourth-order valence-electron chi connectivity index (χ4n) is 3.91. The zero-order valence-electron chi connectivity index (χ0n) is 17.1. The number of rotatable bonds is 4. The van der Waals surface area contributed by atoms with E-state index in [-0.39, 0.29) is 28.8 Å². The van der Waals surface area contributed by atoms with Crippen molar-refractivity contribution in [3.05, 3.63) is 47.7 Å². The van der Waals surface area contributed by atoms with E-state index in [0.717, 1.165) is 10.4 Å². The summed E-state index contributed by atoms with van der Waals surface area (Å²) in [7, 11) is -1.09. The van der Waals surface area contributed by atoms with Crippen molar-refractivity contribution in [3.63, 3.8) is 0 Å². The Kier molecular flexibility index (Phi) is 4.65. The summed E-state index contributed by atoms with van der Waals surface area (Å²) in [6.07, 6.45) is 3.19. The Morgan fingerprint density at radius 2 is 2.00 bits per heavy atom. The van der Waals surface area contributed by atoms with Crippen molar-refractivity contribution >= 4 is 27.6 Å². The number of methoxy groups -OCH3 is 1. The van der Waals surface area contributed by atoms with Crippen LogP contribution in [-0.2, 0) is 15.6 Å². The molecule has 1 saturated carbocycles. The third-order valence-electron chi connectivity index (χ3n) is 5.93. The van der Waals surface area contributed by atoms with Crippen LogP contribution < -0.4 is 15.8 Å². The van der Waals surface area contributed by atoms with Gasteiger partial charge in [-0.1, -0.05) is 0 Å². The van der Waals surface area contributed by atoms with Gasteiger partial charge in [0.1, 0.15) is 21.8 Å². The molecule has 0 bridgehead atoms. The molecule has 1 spiro atoms. The Morgan fingerprint density at radius 1 is 1.29 bits per heavy atom. The molecule has 1 aromatic heterocycles. The third kappa shape index (κ3) is 3.00. The van der Waals surface area contributed by atoms with Gasteiger partial charge in [0.15, 0.2) is 0 Å². The molecule has 1 fully saturated rings. The van der Waals surface area contributed by atoms with Gasteiger partial charge >= 0.3 is 0 Å². The highest BCUT2D eigenvalue weighted by atomic mass is 32.2. The van der Waals surface area contributed by atoms with Gasteiger partial charge in [0.05, 0.1) is 19.5 Å². The number of carbonyl (C=O) groups is 1. The number of ether oxygens (including phenoxy) is 1. The summed E-state index contributed by atoms with van der Waals surface area (Å²) in [6, 6.07) is 3.90. The maximum absolute atomic E-state index is 14.9. The average Bonchev–Trinajstić information content (AvgIpc) is 3.56. The lowest BCUT2D eigenvalue weighted by molar-refractivity contribution is 0.102. The summed E-state index contributed by atoms with van der Waals surface area (Å²) in [6.45, 7) is 1.55. The van der Waals surface area contributed by atoms with E-state index in [4.69, 9.17) is 10.5 Å². The summed E-state index contributed by atoms with van der Waals surface area (Å²) in [5.41, 5.74) is 4.72. The van der Waals surface area contributed by atoms with Gasteiger partial charge in [-0.3, -0.25) is 4.79 Å². The topological polar surface area (TPSA) is 140 Å². The van der Waals surface area contributed by atoms with Crippen LogP contribution in [0.3, 0.4) is 0 Å². The predicted molar refractivity (Wildman–Crippen MR) is 111 cm³/mol. The number of hydrogen-bond donors (Lipinski definition) is 2. The van der Waals surface area contributed by atoms with Crippen LogP contribution in [0.25, 0.3) is 0 Å². The summed E-state index contributed by atoms with van der Waals surface area (Å²) < 4.78 is 45.6. The molecule has 1 aliphatic carbocycles. The van der Waals surface area contributed by atoms with E-state index >= 15 is 0 Å². The lowest BCUT2D eigenvalue weighted by Gasteiger charge is -2.42. The van der Waals surface area contributed by atoms with Crippen LogP contribution in [0.4, 0.5) is 10.1 Å². The average molecular weight is 448 g/mol. The molecule has 1 aliphatic heterocycles. The van der Waals surface area contributed by atoms with Gasteiger partial charge in [0.25, 0.3) is 5.91 Å². The quantitative estimate of drug-likeness (QED) is 0.716. The van der Waals surface area contributed by atoms with Crippen molar-refractivity contribution in [1.29, 1.82) is 0 Å². The van der Waals surface area contributed by atoms with Crippen LogP contribution in [0.2, 0.25) is 0 Å². The number of aliphatic imine (C=N–C) groups is 1. The number of aromatic nitrogens is 2. The number of nitrogens with two attached hydrogens (primary N) is 1. The molecule has 4 rings (SSSR count). The van der Waals surface area contributed by atoms with Crippen molar-refractivity contribution in [2.45, 2.75) is 30.1 Å². The van der Waals surface area contributed by atoms with E-state index in [0.29, 0.717) is 12.8 Å². The van der Waals surface area contributed by atoms with Gasteiger partial charge in [-0.15, -0.1) is 0 Å². The van der Waals surface area contributed by atoms with Gasteiger partial charge < -0.3 is 15.8 Å². The van der Waals surface area contributed by atoms with Crippen LogP contribution >= 0.6 is 0 Å². The van der Waals surface area contributed by atoms with Crippen molar-refractivity contribution in [3.8, 4) is 5.88 Å². The molecule has 1 amide bonds. The number of sulfonamides is 1. The molecular weight excluding hydrogens is 427 g/mol. The number of benzene rings is 1. The number of nitrogens with zero attached hydrogens (tertiary/aromatic N) is 4. The molecule has 1 aromatic carbocycles. The van der Waals surface area contributed by atoms with Crippen molar-refractivity contribution in [2.75, 3.05) is 19.5 Å². The molecule has 1 atom stereocenters. The monoisotopic (exact) mass is 448 g/mol. The minimum atomic E-state index is -3.84. The minimum Gasteiger partial charge on any atom is -0.480 e. The SMILES string of the molecule is COc1cnc(C(=O)Nc2ccc(F)c(C3(C)N=C(N)N(C)S(=O)(=O)C34CC4)c2)cn1.